The number of benzene rings is 1. The summed E-state index contributed by atoms with van der Waals surface area (Å²) in [5, 5.41) is 3.29. The van der Waals surface area contributed by atoms with Gasteiger partial charge < -0.3 is 10.1 Å². The first-order chi connectivity index (χ1) is 8.54. The zero-order chi connectivity index (χ0) is 13.5. The highest BCUT2D eigenvalue weighted by atomic mass is 19.1. The summed E-state index contributed by atoms with van der Waals surface area (Å²) in [7, 11) is 0. The Bertz CT molecular complexity index is 366. The topological polar surface area (TPSA) is 21.3 Å². The smallest absolute Gasteiger partial charge is 0.165 e. The number of hydrogen-bond acceptors (Lipinski definition) is 2. The van der Waals surface area contributed by atoms with Crippen LogP contribution in [0.5, 0.6) is 5.75 Å². The summed E-state index contributed by atoms with van der Waals surface area (Å²) in [5.41, 5.74) is 0.881. The molecule has 102 valence electrons. The van der Waals surface area contributed by atoms with E-state index in [-0.39, 0.29) is 11.9 Å². The molecule has 0 spiro atoms. The van der Waals surface area contributed by atoms with Gasteiger partial charge in [0.05, 0.1) is 6.10 Å². The van der Waals surface area contributed by atoms with Gasteiger partial charge in [0.2, 0.25) is 0 Å². The van der Waals surface area contributed by atoms with Gasteiger partial charge in [0.25, 0.3) is 0 Å². The van der Waals surface area contributed by atoms with E-state index in [2.05, 4.69) is 26.1 Å². The summed E-state index contributed by atoms with van der Waals surface area (Å²) >= 11 is 0. The third-order valence-electron chi connectivity index (χ3n) is 2.76. The van der Waals surface area contributed by atoms with Crippen LogP contribution in [0.3, 0.4) is 0 Å². The van der Waals surface area contributed by atoms with Gasteiger partial charge >= 0.3 is 0 Å². The molecule has 1 atom stereocenters. The van der Waals surface area contributed by atoms with Crippen molar-refractivity contribution in [3.63, 3.8) is 0 Å². The molecule has 1 unspecified atom stereocenters. The Morgan fingerprint density at radius 2 is 2.00 bits per heavy atom. The average molecular weight is 253 g/mol. The molecule has 1 aromatic carbocycles. The Morgan fingerprint density at radius 1 is 1.28 bits per heavy atom. The van der Waals surface area contributed by atoms with Crippen LogP contribution in [0, 0.1) is 5.82 Å². The van der Waals surface area contributed by atoms with Crippen LogP contribution in [0.1, 0.15) is 46.1 Å². The molecule has 0 bridgehead atoms. The fourth-order valence-electron chi connectivity index (χ4n) is 1.81. The van der Waals surface area contributed by atoms with Gasteiger partial charge in [-0.1, -0.05) is 39.3 Å². The van der Waals surface area contributed by atoms with E-state index in [1.807, 2.05) is 13.0 Å². The molecule has 0 heterocycles. The van der Waals surface area contributed by atoms with E-state index in [0.29, 0.717) is 18.3 Å². The maximum atomic E-state index is 13.8. The normalized spacial score (nSPS) is 12.8. The van der Waals surface area contributed by atoms with E-state index in [9.17, 15) is 4.39 Å². The number of hydrogen-bond donors (Lipinski definition) is 1. The molecule has 0 saturated heterocycles. The lowest BCUT2D eigenvalue weighted by Crippen LogP contribution is -2.23. The molecule has 0 aromatic heterocycles. The van der Waals surface area contributed by atoms with Gasteiger partial charge in [-0.25, -0.2) is 4.39 Å². The zero-order valence-corrected chi connectivity index (χ0v) is 11.8. The molecule has 0 saturated carbocycles. The molecular weight excluding hydrogens is 229 g/mol. The monoisotopic (exact) mass is 253 g/mol. The maximum Gasteiger partial charge on any atom is 0.165 e. The largest absolute Gasteiger partial charge is 0.487 e. The lowest BCUT2D eigenvalue weighted by molar-refractivity contribution is 0.198. The fourth-order valence-corrected chi connectivity index (χ4v) is 1.81. The van der Waals surface area contributed by atoms with Crippen molar-refractivity contribution in [1.82, 2.24) is 5.32 Å². The van der Waals surface area contributed by atoms with Crippen LogP contribution in [-0.2, 0) is 6.54 Å². The number of nitrogens with one attached hydrogen (secondary N) is 1. The van der Waals surface area contributed by atoms with E-state index in [0.717, 1.165) is 18.4 Å². The quantitative estimate of drug-likeness (QED) is 0.796. The summed E-state index contributed by atoms with van der Waals surface area (Å²) in [5.74, 6) is 0.118. The van der Waals surface area contributed by atoms with Crippen molar-refractivity contribution in [1.29, 1.82) is 0 Å². The first-order valence-electron chi connectivity index (χ1n) is 6.72. The fraction of sp³-hybridized carbons (Fsp3) is 0.600. The Balaban J connectivity index is 2.79. The van der Waals surface area contributed by atoms with Crippen LogP contribution < -0.4 is 10.1 Å². The standard InChI is InChI=1S/C15H24FNO/c1-5-7-12(4)18-15-13(10-17-11(2)3)8-6-9-14(15)16/h6,8-9,11-12,17H,5,7,10H2,1-4H3. The van der Waals surface area contributed by atoms with Crippen molar-refractivity contribution >= 4 is 0 Å². The van der Waals surface area contributed by atoms with Crippen LogP contribution in [0.15, 0.2) is 18.2 Å². The summed E-state index contributed by atoms with van der Waals surface area (Å²) < 4.78 is 19.6. The van der Waals surface area contributed by atoms with Crippen LogP contribution in [0.25, 0.3) is 0 Å². The number of halogens is 1. The molecular formula is C15H24FNO. The predicted octanol–water partition coefficient (Wildman–Crippen LogP) is 3.89. The number of ether oxygens (including phenoxy) is 1. The maximum absolute atomic E-state index is 13.8. The Kier molecular flexibility index (Phi) is 6.13. The summed E-state index contributed by atoms with van der Waals surface area (Å²) in [6, 6.07) is 5.46. The van der Waals surface area contributed by atoms with Crippen LogP contribution in [-0.4, -0.2) is 12.1 Å². The summed E-state index contributed by atoms with van der Waals surface area (Å²) in [6.07, 6.45) is 2.02. The van der Waals surface area contributed by atoms with Gasteiger partial charge in [-0.05, 0) is 19.4 Å². The van der Waals surface area contributed by atoms with Crippen molar-refractivity contribution in [3.8, 4) is 5.75 Å². The lowest BCUT2D eigenvalue weighted by Gasteiger charge is -2.18. The van der Waals surface area contributed by atoms with Gasteiger partial charge in [0.15, 0.2) is 11.6 Å². The second-order valence-electron chi connectivity index (χ2n) is 4.98. The molecule has 0 aliphatic heterocycles. The third-order valence-corrected chi connectivity index (χ3v) is 2.76. The SMILES string of the molecule is CCCC(C)Oc1c(F)cccc1CNC(C)C. The molecule has 1 rings (SSSR count). The summed E-state index contributed by atoms with van der Waals surface area (Å²) in [6.45, 7) is 8.85. The van der Waals surface area contributed by atoms with Crippen LogP contribution in [0.2, 0.25) is 0 Å². The van der Waals surface area contributed by atoms with Gasteiger partial charge in [-0.3, -0.25) is 0 Å². The lowest BCUT2D eigenvalue weighted by atomic mass is 10.1. The average Bonchev–Trinajstić information content (AvgIpc) is 2.30. The molecule has 0 radical (unpaired) electrons. The molecule has 0 aliphatic carbocycles. The molecule has 0 amide bonds. The minimum Gasteiger partial charge on any atom is -0.487 e. The van der Waals surface area contributed by atoms with E-state index in [4.69, 9.17) is 4.74 Å². The highest BCUT2D eigenvalue weighted by Gasteiger charge is 2.13. The molecule has 18 heavy (non-hydrogen) atoms. The van der Waals surface area contributed by atoms with Crippen molar-refractivity contribution < 1.29 is 9.13 Å². The minimum atomic E-state index is -0.277. The van der Waals surface area contributed by atoms with Crippen LogP contribution >= 0.6 is 0 Å². The predicted molar refractivity (Wildman–Crippen MR) is 73.4 cm³/mol. The number of rotatable bonds is 7. The van der Waals surface area contributed by atoms with Gasteiger partial charge in [-0.2, -0.15) is 0 Å². The van der Waals surface area contributed by atoms with E-state index >= 15 is 0 Å². The first kappa shape index (κ1) is 15.0. The second kappa shape index (κ2) is 7.37. The molecule has 1 N–H and O–H groups in total. The molecule has 0 fully saturated rings. The van der Waals surface area contributed by atoms with Gasteiger partial charge in [0, 0.05) is 18.2 Å². The first-order valence-corrected chi connectivity index (χ1v) is 6.72. The zero-order valence-electron chi connectivity index (χ0n) is 11.8. The molecule has 0 aliphatic rings. The number of para-hydroxylation sites is 1. The van der Waals surface area contributed by atoms with E-state index in [1.165, 1.54) is 6.07 Å². The van der Waals surface area contributed by atoms with Crippen LogP contribution in [0.4, 0.5) is 4.39 Å². The Hall–Kier alpha value is -1.09. The van der Waals surface area contributed by atoms with Crippen molar-refractivity contribution in [2.45, 2.75) is 59.2 Å². The molecule has 2 nitrogen and oxygen atoms in total. The Labute approximate surface area is 110 Å². The molecule has 3 heteroatoms. The van der Waals surface area contributed by atoms with Gasteiger partial charge in [-0.15, -0.1) is 0 Å². The second-order valence-corrected chi connectivity index (χ2v) is 4.98. The molecule has 1 aromatic rings. The van der Waals surface area contributed by atoms with Crippen molar-refractivity contribution in [2.24, 2.45) is 0 Å². The Morgan fingerprint density at radius 3 is 2.61 bits per heavy atom. The highest BCUT2D eigenvalue weighted by molar-refractivity contribution is 5.35. The van der Waals surface area contributed by atoms with Gasteiger partial charge in [0.1, 0.15) is 0 Å². The highest BCUT2D eigenvalue weighted by Crippen LogP contribution is 2.24. The van der Waals surface area contributed by atoms with E-state index < -0.39 is 0 Å². The third kappa shape index (κ3) is 4.65. The van der Waals surface area contributed by atoms with E-state index in [1.54, 1.807) is 6.07 Å². The van der Waals surface area contributed by atoms with Crippen molar-refractivity contribution in [2.75, 3.05) is 0 Å². The summed E-state index contributed by atoms with van der Waals surface area (Å²) in [4.78, 5) is 0. The van der Waals surface area contributed by atoms with Crippen molar-refractivity contribution in [3.05, 3.63) is 29.6 Å². The minimum absolute atomic E-state index is 0.0460.